The molecule has 0 radical (unpaired) electrons. The normalized spacial score (nSPS) is 11.1. The Labute approximate surface area is 139 Å². The lowest BCUT2D eigenvalue weighted by atomic mass is 10.1. The number of rotatable bonds is 6. The van der Waals surface area contributed by atoms with Crippen LogP contribution in [-0.2, 0) is 11.8 Å². The predicted molar refractivity (Wildman–Crippen MR) is 91.5 cm³/mol. The molecule has 0 aliphatic carbocycles. The fourth-order valence-corrected chi connectivity index (χ4v) is 2.38. The van der Waals surface area contributed by atoms with E-state index in [9.17, 15) is 14.7 Å². The van der Waals surface area contributed by atoms with Gasteiger partial charge >= 0.3 is 5.97 Å². The summed E-state index contributed by atoms with van der Waals surface area (Å²) in [5.41, 5.74) is 0.000314. The topological polar surface area (TPSA) is 77.8 Å². The van der Waals surface area contributed by atoms with Gasteiger partial charge in [-0.25, -0.2) is 4.79 Å². The number of pyridine rings is 1. The fourth-order valence-electron chi connectivity index (χ4n) is 2.38. The number of aromatic nitrogens is 1. The van der Waals surface area contributed by atoms with Gasteiger partial charge in [-0.05, 0) is 25.5 Å². The lowest BCUT2D eigenvalue weighted by Crippen LogP contribution is -2.22. The number of nitrogens with zero attached hydrogens (tertiary/aromatic N) is 1. The molecule has 0 aliphatic rings. The van der Waals surface area contributed by atoms with Gasteiger partial charge in [0, 0.05) is 12.4 Å². The molecule has 24 heavy (non-hydrogen) atoms. The zero-order valence-corrected chi connectivity index (χ0v) is 14.0. The number of aryl methyl sites for hydroxylation is 1. The van der Waals surface area contributed by atoms with Gasteiger partial charge in [-0.3, -0.25) is 4.79 Å². The van der Waals surface area contributed by atoms with Crippen molar-refractivity contribution in [3.05, 3.63) is 46.5 Å². The molecule has 1 heterocycles. The van der Waals surface area contributed by atoms with Crippen molar-refractivity contribution in [2.75, 3.05) is 6.61 Å². The summed E-state index contributed by atoms with van der Waals surface area (Å²) < 4.78 is 11.7. The number of aromatic hydroxyl groups is 1. The van der Waals surface area contributed by atoms with E-state index in [1.54, 1.807) is 31.2 Å². The molecule has 0 bridgehead atoms. The number of para-hydroxylation sites is 1. The number of ether oxygens (including phenoxy) is 2. The van der Waals surface area contributed by atoms with E-state index >= 15 is 0 Å². The summed E-state index contributed by atoms with van der Waals surface area (Å²) in [6.07, 6.45) is 4.53. The third-order valence-electron chi connectivity index (χ3n) is 3.62. The molecule has 0 aliphatic heterocycles. The van der Waals surface area contributed by atoms with E-state index in [-0.39, 0.29) is 17.1 Å². The second-order valence-electron chi connectivity index (χ2n) is 5.32. The van der Waals surface area contributed by atoms with Gasteiger partial charge in [0.25, 0.3) is 5.56 Å². The van der Waals surface area contributed by atoms with Gasteiger partial charge in [0.15, 0.2) is 5.75 Å². The number of allylic oxidation sites excluding steroid dienone is 1. The van der Waals surface area contributed by atoms with E-state index in [4.69, 9.17) is 9.47 Å². The predicted octanol–water partition coefficient (Wildman–Crippen LogP) is 3.11. The molecule has 0 amide bonds. The summed E-state index contributed by atoms with van der Waals surface area (Å²) in [5, 5.41) is 10.8. The number of fused-ring (bicyclic) bond motifs is 1. The number of hydrogen-bond donors (Lipinski definition) is 1. The number of esters is 1. The number of benzene rings is 1. The largest absolute Gasteiger partial charge is 0.504 e. The van der Waals surface area contributed by atoms with Crippen molar-refractivity contribution in [2.45, 2.75) is 26.7 Å². The molecule has 0 unspecified atom stereocenters. The van der Waals surface area contributed by atoms with E-state index in [1.165, 1.54) is 17.9 Å². The van der Waals surface area contributed by atoms with Gasteiger partial charge in [0.1, 0.15) is 0 Å². The van der Waals surface area contributed by atoms with Crippen molar-refractivity contribution in [2.24, 2.45) is 7.05 Å². The lowest BCUT2D eigenvalue weighted by molar-refractivity contribution is 0.0664. The highest BCUT2D eigenvalue weighted by molar-refractivity contribution is 6.05. The maximum absolute atomic E-state index is 12.5. The molecule has 2 rings (SSSR count). The molecule has 128 valence electrons. The highest BCUT2D eigenvalue weighted by Gasteiger charge is 2.21. The van der Waals surface area contributed by atoms with E-state index < -0.39 is 11.5 Å². The number of unbranched alkanes of at least 4 members (excludes halogenated alkanes) is 1. The highest BCUT2D eigenvalue weighted by atomic mass is 16.5. The molecule has 0 saturated carbocycles. The van der Waals surface area contributed by atoms with Crippen molar-refractivity contribution >= 4 is 16.9 Å². The van der Waals surface area contributed by atoms with Crippen molar-refractivity contribution in [1.29, 1.82) is 0 Å². The summed E-state index contributed by atoms with van der Waals surface area (Å²) in [5.74, 6) is -0.963. The Balaban J connectivity index is 2.63. The molecule has 0 atom stereocenters. The van der Waals surface area contributed by atoms with Gasteiger partial charge in [0.2, 0.25) is 5.75 Å². The third kappa shape index (κ3) is 3.27. The van der Waals surface area contributed by atoms with Gasteiger partial charge < -0.3 is 19.1 Å². The molecular formula is C18H21NO5. The van der Waals surface area contributed by atoms with Gasteiger partial charge in [-0.2, -0.15) is 0 Å². The number of carbonyl (C=O) groups is 1. The molecular weight excluding hydrogens is 310 g/mol. The molecule has 6 heteroatoms. The zero-order valence-electron chi connectivity index (χ0n) is 14.0. The van der Waals surface area contributed by atoms with E-state index in [0.717, 1.165) is 12.8 Å². The highest BCUT2D eigenvalue weighted by Crippen LogP contribution is 2.33. The first kappa shape index (κ1) is 17.6. The smallest absolute Gasteiger partial charge is 0.345 e. The Kier molecular flexibility index (Phi) is 5.63. The number of carbonyl (C=O) groups excluding carboxylic acids is 1. The molecule has 1 aromatic heterocycles. The van der Waals surface area contributed by atoms with Crippen LogP contribution in [0.4, 0.5) is 0 Å². The van der Waals surface area contributed by atoms with Crippen LogP contribution in [-0.4, -0.2) is 22.2 Å². The van der Waals surface area contributed by atoms with Crippen LogP contribution < -0.4 is 10.3 Å². The fraction of sp³-hybridized carbons (Fsp3) is 0.333. The Morgan fingerprint density at radius 3 is 2.79 bits per heavy atom. The second-order valence-corrected chi connectivity index (χ2v) is 5.32. The first-order valence-corrected chi connectivity index (χ1v) is 7.82. The second kappa shape index (κ2) is 7.68. The van der Waals surface area contributed by atoms with Gasteiger partial charge in [0.05, 0.1) is 23.9 Å². The first-order chi connectivity index (χ1) is 11.5. The Bertz CT molecular complexity index is 835. The standard InChI is InChI=1S/C18H21NO5/c1-4-6-11-23-16-15(20)12-8-7-9-13(18(22)24-10-5-2)14(12)19(3)17(16)21/h5,7-10,20H,4,6,11H2,1-3H3. The van der Waals surface area contributed by atoms with Crippen LogP contribution in [0.15, 0.2) is 35.3 Å². The van der Waals surface area contributed by atoms with Crippen LogP contribution in [0.5, 0.6) is 11.5 Å². The summed E-state index contributed by atoms with van der Waals surface area (Å²) in [4.78, 5) is 24.7. The SMILES string of the molecule is CC=COC(=O)c1cccc2c(O)c(OCCCC)c(=O)n(C)c12. The molecule has 6 nitrogen and oxygen atoms in total. The quantitative estimate of drug-likeness (QED) is 0.500. The Morgan fingerprint density at radius 2 is 2.12 bits per heavy atom. The maximum Gasteiger partial charge on any atom is 0.345 e. The van der Waals surface area contributed by atoms with Crippen molar-refractivity contribution in [3.8, 4) is 11.5 Å². The van der Waals surface area contributed by atoms with Crippen molar-refractivity contribution in [1.82, 2.24) is 4.57 Å². The lowest BCUT2D eigenvalue weighted by Gasteiger charge is -2.14. The van der Waals surface area contributed by atoms with E-state index in [2.05, 4.69) is 0 Å². The van der Waals surface area contributed by atoms with Crippen LogP contribution in [0.25, 0.3) is 10.9 Å². The average molecular weight is 331 g/mol. The van der Waals surface area contributed by atoms with E-state index in [0.29, 0.717) is 17.5 Å². The van der Waals surface area contributed by atoms with Crippen LogP contribution in [0.1, 0.15) is 37.0 Å². The molecule has 0 spiro atoms. The molecule has 1 N–H and O–H groups in total. The van der Waals surface area contributed by atoms with Crippen LogP contribution in [0.2, 0.25) is 0 Å². The molecule has 1 aromatic carbocycles. The summed E-state index contributed by atoms with van der Waals surface area (Å²) >= 11 is 0. The third-order valence-corrected chi connectivity index (χ3v) is 3.62. The van der Waals surface area contributed by atoms with Crippen LogP contribution >= 0.6 is 0 Å². The molecule has 2 aromatic rings. The van der Waals surface area contributed by atoms with E-state index in [1.807, 2.05) is 6.92 Å². The van der Waals surface area contributed by atoms with Gasteiger partial charge in [-0.1, -0.05) is 25.5 Å². The van der Waals surface area contributed by atoms with Crippen LogP contribution in [0, 0.1) is 0 Å². The zero-order chi connectivity index (χ0) is 17.7. The van der Waals surface area contributed by atoms with Crippen LogP contribution in [0.3, 0.4) is 0 Å². The molecule has 0 saturated heterocycles. The van der Waals surface area contributed by atoms with Gasteiger partial charge in [-0.15, -0.1) is 0 Å². The Morgan fingerprint density at radius 1 is 1.38 bits per heavy atom. The first-order valence-electron chi connectivity index (χ1n) is 7.82. The number of hydrogen-bond acceptors (Lipinski definition) is 5. The minimum Gasteiger partial charge on any atom is -0.504 e. The maximum atomic E-state index is 12.5. The average Bonchev–Trinajstić information content (AvgIpc) is 2.60. The van der Waals surface area contributed by atoms with Crippen molar-refractivity contribution in [3.63, 3.8) is 0 Å². The summed E-state index contributed by atoms with van der Waals surface area (Å²) in [6, 6.07) is 4.79. The monoisotopic (exact) mass is 331 g/mol. The summed E-state index contributed by atoms with van der Waals surface area (Å²) in [7, 11) is 1.53. The van der Waals surface area contributed by atoms with Crippen molar-refractivity contribution < 1.29 is 19.4 Å². The Hall–Kier alpha value is -2.76. The molecule has 0 fully saturated rings. The minimum absolute atomic E-state index is 0.0996. The minimum atomic E-state index is -0.604. The summed E-state index contributed by atoms with van der Waals surface area (Å²) in [6.45, 7) is 4.07.